The van der Waals surface area contributed by atoms with E-state index >= 15 is 0 Å². The van der Waals surface area contributed by atoms with E-state index in [2.05, 4.69) is 6.07 Å². The second-order valence-electron chi connectivity index (χ2n) is 7.26. The van der Waals surface area contributed by atoms with Gasteiger partial charge in [0.2, 0.25) is 9.84 Å². The Bertz CT molecular complexity index is 1210. The maximum atomic E-state index is 12.9. The SMILES string of the molecule is Cc1ccc(S(=O)(=O)C(C#N)=Cc2ccccc2OCc2cc(C)cc(C)c2)cc1. The summed E-state index contributed by atoms with van der Waals surface area (Å²) in [4.78, 5) is -0.233. The van der Waals surface area contributed by atoms with Crippen molar-refractivity contribution >= 4 is 15.9 Å². The van der Waals surface area contributed by atoms with Crippen LogP contribution in [0.3, 0.4) is 0 Å². The molecule has 3 aromatic carbocycles. The molecule has 0 radical (unpaired) electrons. The Hall–Kier alpha value is -3.36. The molecule has 0 amide bonds. The molecular weight excluding hydrogens is 394 g/mol. The largest absolute Gasteiger partial charge is 0.488 e. The first-order valence-corrected chi connectivity index (χ1v) is 11.0. The fourth-order valence-corrected chi connectivity index (χ4v) is 4.35. The molecule has 3 rings (SSSR count). The zero-order chi connectivity index (χ0) is 21.7. The van der Waals surface area contributed by atoms with Crippen LogP contribution in [0, 0.1) is 32.1 Å². The Kier molecular flexibility index (Phi) is 6.39. The van der Waals surface area contributed by atoms with E-state index in [0.29, 0.717) is 17.9 Å². The normalized spacial score (nSPS) is 11.7. The van der Waals surface area contributed by atoms with Crippen LogP contribution < -0.4 is 4.74 Å². The Morgan fingerprint density at radius 2 is 1.57 bits per heavy atom. The molecular formula is C25H23NO3S. The summed E-state index contributed by atoms with van der Waals surface area (Å²) in [5, 5.41) is 9.56. The molecule has 30 heavy (non-hydrogen) atoms. The molecule has 0 N–H and O–H groups in total. The molecule has 0 saturated carbocycles. The first-order chi connectivity index (χ1) is 14.3. The summed E-state index contributed by atoms with van der Waals surface area (Å²) in [7, 11) is -3.92. The number of nitriles is 1. The summed E-state index contributed by atoms with van der Waals surface area (Å²) >= 11 is 0. The van der Waals surface area contributed by atoms with E-state index in [4.69, 9.17) is 4.74 Å². The predicted molar refractivity (Wildman–Crippen MR) is 119 cm³/mol. The summed E-state index contributed by atoms with van der Waals surface area (Å²) in [5.41, 5.74) is 4.81. The van der Waals surface area contributed by atoms with Gasteiger partial charge in [0.15, 0.2) is 0 Å². The van der Waals surface area contributed by atoms with Crippen LogP contribution in [-0.2, 0) is 16.4 Å². The van der Waals surface area contributed by atoms with E-state index in [9.17, 15) is 13.7 Å². The standard InChI is InChI=1S/C25H23NO3S/c1-18-8-10-23(11-9-18)30(27,28)24(16-26)15-22-6-4-5-7-25(22)29-17-21-13-19(2)12-20(3)14-21/h4-15H,17H2,1-3H3. The first kappa shape index (κ1) is 21.4. The van der Waals surface area contributed by atoms with Crippen molar-refractivity contribution in [1.82, 2.24) is 0 Å². The number of ether oxygens (including phenoxy) is 1. The molecule has 4 nitrogen and oxygen atoms in total. The van der Waals surface area contributed by atoms with E-state index in [-0.39, 0.29) is 9.80 Å². The van der Waals surface area contributed by atoms with Gasteiger partial charge in [0.05, 0.1) is 4.90 Å². The lowest BCUT2D eigenvalue weighted by molar-refractivity contribution is 0.305. The Balaban J connectivity index is 1.92. The van der Waals surface area contributed by atoms with Crippen molar-refractivity contribution in [2.24, 2.45) is 0 Å². The molecule has 3 aromatic rings. The topological polar surface area (TPSA) is 67.2 Å². The van der Waals surface area contributed by atoms with Crippen LogP contribution in [-0.4, -0.2) is 8.42 Å². The minimum Gasteiger partial charge on any atom is -0.488 e. The van der Waals surface area contributed by atoms with E-state index < -0.39 is 9.84 Å². The lowest BCUT2D eigenvalue weighted by atomic mass is 10.1. The van der Waals surface area contributed by atoms with E-state index in [1.165, 1.54) is 18.2 Å². The van der Waals surface area contributed by atoms with Crippen molar-refractivity contribution in [2.45, 2.75) is 32.3 Å². The van der Waals surface area contributed by atoms with Gasteiger partial charge >= 0.3 is 0 Å². The van der Waals surface area contributed by atoms with Gasteiger partial charge in [-0.15, -0.1) is 0 Å². The first-order valence-electron chi connectivity index (χ1n) is 9.52. The molecule has 0 saturated heterocycles. The number of nitrogens with zero attached hydrogens (tertiary/aromatic N) is 1. The predicted octanol–water partition coefficient (Wildman–Crippen LogP) is 5.53. The number of allylic oxidation sites excluding steroid dienone is 1. The average molecular weight is 418 g/mol. The summed E-state index contributed by atoms with van der Waals surface area (Å²) in [6, 6.07) is 21.6. The second-order valence-corrected chi connectivity index (χ2v) is 9.18. The monoisotopic (exact) mass is 417 g/mol. The van der Waals surface area contributed by atoms with E-state index in [0.717, 1.165) is 22.3 Å². The van der Waals surface area contributed by atoms with Gasteiger partial charge in [-0.3, -0.25) is 0 Å². The van der Waals surface area contributed by atoms with Gasteiger partial charge in [-0.1, -0.05) is 65.2 Å². The van der Waals surface area contributed by atoms with Gasteiger partial charge in [-0.05, 0) is 50.6 Å². The molecule has 0 aliphatic carbocycles. The summed E-state index contributed by atoms with van der Waals surface area (Å²) < 4.78 is 31.8. The number of aryl methyl sites for hydroxylation is 3. The quantitative estimate of drug-likeness (QED) is 0.495. The minimum absolute atomic E-state index is 0.0922. The maximum Gasteiger partial charge on any atom is 0.216 e. The van der Waals surface area contributed by atoms with Crippen LogP contribution in [0.1, 0.15) is 27.8 Å². The third kappa shape index (κ3) is 4.97. The maximum absolute atomic E-state index is 12.9. The highest BCUT2D eigenvalue weighted by Crippen LogP contribution is 2.26. The van der Waals surface area contributed by atoms with Gasteiger partial charge in [0, 0.05) is 5.56 Å². The molecule has 0 aromatic heterocycles. The van der Waals surface area contributed by atoms with E-state index in [1.54, 1.807) is 30.3 Å². The molecule has 0 heterocycles. The van der Waals surface area contributed by atoms with Crippen molar-refractivity contribution in [2.75, 3.05) is 0 Å². The van der Waals surface area contributed by atoms with Crippen molar-refractivity contribution in [3.05, 3.63) is 99.5 Å². The smallest absolute Gasteiger partial charge is 0.216 e. The van der Waals surface area contributed by atoms with Gasteiger partial charge < -0.3 is 4.74 Å². The number of benzene rings is 3. The highest BCUT2D eigenvalue weighted by Gasteiger charge is 2.21. The molecule has 0 spiro atoms. The molecule has 5 heteroatoms. The third-order valence-corrected chi connectivity index (χ3v) is 6.29. The van der Waals surface area contributed by atoms with Crippen LogP contribution in [0.15, 0.2) is 76.5 Å². The number of rotatable bonds is 6. The number of hydrogen-bond donors (Lipinski definition) is 0. The molecule has 0 aliphatic rings. The molecule has 152 valence electrons. The zero-order valence-electron chi connectivity index (χ0n) is 17.2. The van der Waals surface area contributed by atoms with Crippen LogP contribution >= 0.6 is 0 Å². The highest BCUT2D eigenvalue weighted by atomic mass is 32.2. The second kappa shape index (κ2) is 8.98. The van der Waals surface area contributed by atoms with Crippen LogP contribution in [0.4, 0.5) is 0 Å². The highest BCUT2D eigenvalue weighted by molar-refractivity contribution is 7.95. The van der Waals surface area contributed by atoms with E-state index in [1.807, 2.05) is 45.0 Å². The average Bonchev–Trinajstić information content (AvgIpc) is 2.70. The minimum atomic E-state index is -3.92. The van der Waals surface area contributed by atoms with Gasteiger partial charge in [-0.2, -0.15) is 5.26 Å². The summed E-state index contributed by atoms with van der Waals surface area (Å²) in [6.45, 7) is 6.28. The summed E-state index contributed by atoms with van der Waals surface area (Å²) in [6.07, 6.45) is 1.37. The molecule has 0 fully saturated rings. The van der Waals surface area contributed by atoms with Crippen molar-refractivity contribution < 1.29 is 13.2 Å². The molecule has 0 unspecified atom stereocenters. The number of hydrogen-bond acceptors (Lipinski definition) is 4. The molecule has 0 aliphatic heterocycles. The molecule has 0 atom stereocenters. The Morgan fingerprint density at radius 1 is 0.933 bits per heavy atom. The summed E-state index contributed by atoms with van der Waals surface area (Å²) in [5.74, 6) is 0.517. The van der Waals surface area contributed by atoms with Crippen molar-refractivity contribution in [3.8, 4) is 11.8 Å². The van der Waals surface area contributed by atoms with Crippen LogP contribution in [0.5, 0.6) is 5.75 Å². The molecule has 0 bridgehead atoms. The Morgan fingerprint density at radius 3 is 2.20 bits per heavy atom. The Labute approximate surface area is 178 Å². The third-order valence-electron chi connectivity index (χ3n) is 4.61. The van der Waals surface area contributed by atoms with Crippen LogP contribution in [0.25, 0.3) is 6.08 Å². The lowest BCUT2D eigenvalue weighted by Gasteiger charge is -2.11. The lowest BCUT2D eigenvalue weighted by Crippen LogP contribution is -2.04. The van der Waals surface area contributed by atoms with Gasteiger partial charge in [0.1, 0.15) is 23.3 Å². The van der Waals surface area contributed by atoms with Crippen molar-refractivity contribution in [1.29, 1.82) is 5.26 Å². The van der Waals surface area contributed by atoms with Gasteiger partial charge in [0.25, 0.3) is 0 Å². The van der Waals surface area contributed by atoms with Crippen molar-refractivity contribution in [3.63, 3.8) is 0 Å². The fraction of sp³-hybridized carbons (Fsp3) is 0.160. The van der Waals surface area contributed by atoms with Gasteiger partial charge in [-0.25, -0.2) is 8.42 Å². The number of sulfone groups is 1. The number of para-hydroxylation sites is 1. The zero-order valence-corrected chi connectivity index (χ0v) is 18.0. The van der Waals surface area contributed by atoms with Crippen LogP contribution in [0.2, 0.25) is 0 Å². The fourth-order valence-electron chi connectivity index (χ4n) is 3.20.